The highest BCUT2D eigenvalue weighted by Crippen LogP contribution is 2.33. The average Bonchev–Trinajstić information content (AvgIpc) is 3.18. The van der Waals surface area contributed by atoms with Gasteiger partial charge in [0.1, 0.15) is 5.78 Å². The van der Waals surface area contributed by atoms with E-state index in [4.69, 9.17) is 0 Å². The second-order valence-corrected chi connectivity index (χ2v) is 11.5. The summed E-state index contributed by atoms with van der Waals surface area (Å²) in [5, 5.41) is 6.53. The summed E-state index contributed by atoms with van der Waals surface area (Å²) in [5.74, 6) is 1.43. The Balaban J connectivity index is 1.42. The van der Waals surface area contributed by atoms with Crippen molar-refractivity contribution in [3.05, 3.63) is 0 Å². The minimum absolute atomic E-state index is 0.0176. The van der Waals surface area contributed by atoms with E-state index >= 15 is 0 Å². The van der Waals surface area contributed by atoms with E-state index in [1.54, 1.807) is 0 Å². The van der Waals surface area contributed by atoms with Crippen molar-refractivity contribution < 1.29 is 9.59 Å². The van der Waals surface area contributed by atoms with Crippen LogP contribution in [0.5, 0.6) is 0 Å². The Bertz CT molecular complexity index is 521. The molecule has 0 radical (unpaired) electrons. The molecule has 0 saturated carbocycles. The van der Waals surface area contributed by atoms with E-state index in [9.17, 15) is 9.59 Å². The van der Waals surface area contributed by atoms with Gasteiger partial charge in [0, 0.05) is 23.8 Å². The Kier molecular flexibility index (Phi) is 10.3. The average molecular weight is 426 g/mol. The number of nitrogens with zero attached hydrogens (tertiary/aromatic N) is 1. The smallest absolute Gasteiger partial charge is 0.315 e. The third-order valence-corrected chi connectivity index (χ3v) is 7.60. The molecule has 3 atom stereocenters. The molecule has 2 fully saturated rings. The lowest BCUT2D eigenvalue weighted by molar-refractivity contribution is -0.119. The second-order valence-electron chi connectivity index (χ2n) is 10.2. The first kappa shape index (κ1) is 24.5. The summed E-state index contributed by atoms with van der Waals surface area (Å²) in [4.78, 5) is 26.0. The molecule has 0 aromatic carbocycles. The van der Waals surface area contributed by atoms with Gasteiger partial charge in [-0.25, -0.2) is 4.79 Å². The molecule has 2 aliphatic heterocycles. The number of Topliss-reactive ketones (excluding diaryl/α,β-unsaturated/α-hetero) is 1. The fourth-order valence-corrected chi connectivity index (χ4v) is 5.83. The molecule has 2 heterocycles. The highest BCUT2D eigenvalue weighted by atomic mass is 32.2. The molecule has 0 bridgehead atoms. The number of urea groups is 1. The van der Waals surface area contributed by atoms with Gasteiger partial charge < -0.3 is 15.5 Å². The standard InChI is InChI=1S/C23H43N3O2S/c1-23(2,3)14-8-10-16-26(4)15-9-7-12-18(27)11-5-6-13-20-21-19(17-29-20)24-22(28)25-21/h19-21H,5-17H2,1-4H3,(H2,24,25,28). The zero-order valence-electron chi connectivity index (χ0n) is 19.1. The summed E-state index contributed by atoms with van der Waals surface area (Å²) >= 11 is 1.96. The van der Waals surface area contributed by atoms with Crippen LogP contribution in [-0.2, 0) is 4.79 Å². The fourth-order valence-electron chi connectivity index (χ4n) is 4.29. The molecule has 2 N–H and O–H groups in total. The van der Waals surface area contributed by atoms with Crippen LogP contribution in [0.25, 0.3) is 0 Å². The molecule has 0 aromatic heterocycles. The summed E-state index contributed by atoms with van der Waals surface area (Å²) in [5.41, 5.74) is 0.445. The molecule has 168 valence electrons. The van der Waals surface area contributed by atoms with Crippen LogP contribution in [0.3, 0.4) is 0 Å². The first-order valence-corrected chi connectivity index (χ1v) is 12.7. The van der Waals surface area contributed by atoms with E-state index in [1.807, 2.05) is 11.8 Å². The number of amides is 2. The number of carbonyl (C=O) groups excluding carboxylic acids is 2. The maximum absolute atomic E-state index is 12.1. The van der Waals surface area contributed by atoms with Gasteiger partial charge in [0.15, 0.2) is 0 Å². The number of fused-ring (bicyclic) bond motifs is 1. The summed E-state index contributed by atoms with van der Waals surface area (Å²) < 4.78 is 0. The fraction of sp³-hybridized carbons (Fsp3) is 0.913. The predicted octanol–water partition coefficient (Wildman–Crippen LogP) is 4.60. The Hall–Kier alpha value is -0.750. The molecule has 5 nitrogen and oxygen atoms in total. The third-order valence-electron chi connectivity index (χ3n) is 6.09. The van der Waals surface area contributed by atoms with Crippen LogP contribution in [0.2, 0.25) is 0 Å². The number of ketones is 1. The first-order chi connectivity index (χ1) is 13.7. The minimum Gasteiger partial charge on any atom is -0.332 e. The number of hydrogen-bond donors (Lipinski definition) is 2. The molecule has 0 aliphatic carbocycles. The number of rotatable bonds is 14. The van der Waals surface area contributed by atoms with Gasteiger partial charge in [0.05, 0.1) is 12.1 Å². The topological polar surface area (TPSA) is 61.4 Å². The Morgan fingerprint density at radius 3 is 2.38 bits per heavy atom. The Morgan fingerprint density at radius 2 is 1.69 bits per heavy atom. The summed E-state index contributed by atoms with van der Waals surface area (Å²) in [6.45, 7) is 9.19. The molecule has 0 aromatic rings. The van der Waals surface area contributed by atoms with Crippen LogP contribution in [-0.4, -0.2) is 59.9 Å². The van der Waals surface area contributed by atoms with Crippen LogP contribution >= 0.6 is 11.8 Å². The van der Waals surface area contributed by atoms with Gasteiger partial charge in [-0.3, -0.25) is 4.79 Å². The lowest BCUT2D eigenvalue weighted by Gasteiger charge is -2.20. The number of thioether (sulfide) groups is 1. The van der Waals surface area contributed by atoms with Crippen LogP contribution in [0.1, 0.15) is 85.0 Å². The number of nitrogens with one attached hydrogen (secondary N) is 2. The van der Waals surface area contributed by atoms with Crippen LogP contribution in [0, 0.1) is 5.41 Å². The van der Waals surface area contributed by atoms with Crippen molar-refractivity contribution in [3.63, 3.8) is 0 Å². The van der Waals surface area contributed by atoms with Crippen molar-refractivity contribution in [2.45, 2.75) is 102 Å². The van der Waals surface area contributed by atoms with Gasteiger partial charge in [-0.15, -0.1) is 0 Å². The second kappa shape index (κ2) is 12.2. The van der Waals surface area contributed by atoms with E-state index in [1.165, 1.54) is 25.8 Å². The van der Waals surface area contributed by atoms with Crippen molar-refractivity contribution in [2.24, 2.45) is 5.41 Å². The summed E-state index contributed by atoms with van der Waals surface area (Å²) in [6.07, 6.45) is 10.6. The largest absolute Gasteiger partial charge is 0.332 e. The summed E-state index contributed by atoms with van der Waals surface area (Å²) in [7, 11) is 2.20. The SMILES string of the molecule is CN(CCCCC(=O)CCCCC1SCC2NC(=O)NC21)CCCCC(C)(C)C. The molecule has 29 heavy (non-hydrogen) atoms. The maximum atomic E-state index is 12.1. The highest BCUT2D eigenvalue weighted by molar-refractivity contribution is 8.00. The van der Waals surface area contributed by atoms with E-state index < -0.39 is 0 Å². The monoisotopic (exact) mass is 425 g/mol. The number of hydrogen-bond acceptors (Lipinski definition) is 4. The molecule has 2 amide bonds. The van der Waals surface area contributed by atoms with Crippen molar-refractivity contribution >= 4 is 23.6 Å². The van der Waals surface area contributed by atoms with Crippen molar-refractivity contribution in [3.8, 4) is 0 Å². The van der Waals surface area contributed by atoms with E-state index in [2.05, 4.69) is 43.4 Å². The van der Waals surface area contributed by atoms with Crippen LogP contribution in [0.4, 0.5) is 4.79 Å². The molecular formula is C23H43N3O2S. The molecule has 6 heteroatoms. The quantitative estimate of drug-likeness (QED) is 0.315. The van der Waals surface area contributed by atoms with Crippen molar-refractivity contribution in [2.75, 3.05) is 25.9 Å². The zero-order chi connectivity index (χ0) is 21.3. The third kappa shape index (κ3) is 9.73. The van der Waals surface area contributed by atoms with Gasteiger partial charge >= 0.3 is 6.03 Å². The number of unbranched alkanes of at least 4 members (excludes halogenated alkanes) is 3. The van der Waals surface area contributed by atoms with Gasteiger partial charge in [-0.2, -0.15) is 11.8 Å². The lowest BCUT2D eigenvalue weighted by Crippen LogP contribution is -2.36. The van der Waals surface area contributed by atoms with Crippen molar-refractivity contribution in [1.29, 1.82) is 0 Å². The van der Waals surface area contributed by atoms with Gasteiger partial charge in [-0.1, -0.05) is 33.6 Å². The molecular weight excluding hydrogens is 382 g/mol. The number of carbonyl (C=O) groups is 2. The molecule has 2 aliphatic rings. The van der Waals surface area contributed by atoms with Crippen molar-refractivity contribution in [1.82, 2.24) is 15.5 Å². The minimum atomic E-state index is -0.0176. The normalized spacial score (nSPS) is 23.9. The van der Waals surface area contributed by atoms with E-state index in [-0.39, 0.29) is 12.1 Å². The molecule has 2 rings (SSSR count). The summed E-state index contributed by atoms with van der Waals surface area (Å²) in [6, 6.07) is 0.570. The van der Waals surface area contributed by atoms with Gasteiger partial charge in [0.2, 0.25) is 0 Å². The first-order valence-electron chi connectivity index (χ1n) is 11.6. The molecule has 3 unspecified atom stereocenters. The maximum Gasteiger partial charge on any atom is 0.315 e. The highest BCUT2D eigenvalue weighted by Gasteiger charge is 2.42. The van der Waals surface area contributed by atoms with Gasteiger partial charge in [-0.05, 0) is 64.1 Å². The van der Waals surface area contributed by atoms with Gasteiger partial charge in [0.25, 0.3) is 0 Å². The molecule has 0 spiro atoms. The zero-order valence-corrected chi connectivity index (χ0v) is 19.9. The lowest BCUT2D eigenvalue weighted by atomic mass is 9.90. The Labute approximate surface area is 182 Å². The predicted molar refractivity (Wildman–Crippen MR) is 124 cm³/mol. The van der Waals surface area contributed by atoms with Crippen LogP contribution in [0.15, 0.2) is 0 Å². The van der Waals surface area contributed by atoms with E-state index in [0.29, 0.717) is 22.5 Å². The molecule has 2 saturated heterocycles. The van der Waals surface area contributed by atoms with E-state index in [0.717, 1.165) is 57.2 Å². The van der Waals surface area contributed by atoms with Crippen LogP contribution < -0.4 is 10.6 Å². The Morgan fingerprint density at radius 1 is 1.03 bits per heavy atom.